The molecule has 9 heteroatoms. The van der Waals surface area contributed by atoms with E-state index in [0.29, 0.717) is 30.2 Å². The van der Waals surface area contributed by atoms with Crippen LogP contribution < -0.4 is 19.6 Å². The van der Waals surface area contributed by atoms with Gasteiger partial charge in [0, 0.05) is 30.4 Å². The highest BCUT2D eigenvalue weighted by atomic mass is 32.3. The molecule has 0 fully saturated rings. The molecule has 2 heterocycles. The third-order valence-electron chi connectivity index (χ3n) is 6.26. The standard InChI is InChI=1S/C26H38N2O6S/c1-26(2,3)24-13-17-12-23(34-11-9-7-8-10-27-35(5,6)32)22(33-4)14-18(17)20-15-21(29)19(25(30)31)16-28(20)24/h12,14-16,24,27,32H,7-11,13H2,1-6H3,(H,30,31). The SMILES string of the molecule is COc1cc2c(cc1OCCCCCNS(C)(C)O)CC(C(C)(C)C)n1cc(C(=O)O)c(=O)cc1-2. The first-order valence-corrected chi connectivity index (χ1v) is 14.3. The van der Waals surface area contributed by atoms with E-state index in [1.807, 2.05) is 29.2 Å². The second-order valence-electron chi connectivity index (χ2n) is 10.5. The fraction of sp³-hybridized carbons (Fsp3) is 0.538. The van der Waals surface area contributed by atoms with Crippen molar-refractivity contribution >= 4 is 16.5 Å². The van der Waals surface area contributed by atoms with E-state index in [-0.39, 0.29) is 17.0 Å². The number of nitrogens with zero attached hydrogens (tertiary/aromatic N) is 1. The van der Waals surface area contributed by atoms with E-state index in [1.54, 1.807) is 7.11 Å². The molecule has 1 aliphatic heterocycles. The van der Waals surface area contributed by atoms with Gasteiger partial charge in [-0.1, -0.05) is 31.3 Å². The van der Waals surface area contributed by atoms with Crippen LogP contribution in [-0.2, 0) is 6.42 Å². The van der Waals surface area contributed by atoms with Crippen molar-refractivity contribution in [2.45, 2.75) is 52.5 Å². The van der Waals surface area contributed by atoms with Gasteiger partial charge < -0.3 is 23.7 Å². The highest BCUT2D eigenvalue weighted by molar-refractivity contribution is 8.26. The first-order valence-electron chi connectivity index (χ1n) is 11.9. The molecule has 3 rings (SSSR count). The molecule has 194 valence electrons. The zero-order chi connectivity index (χ0) is 26.0. The summed E-state index contributed by atoms with van der Waals surface area (Å²) >= 11 is 0. The lowest BCUT2D eigenvalue weighted by Gasteiger charge is -2.39. The number of benzene rings is 1. The molecule has 3 N–H and O–H groups in total. The lowest BCUT2D eigenvalue weighted by Crippen LogP contribution is -2.32. The van der Waals surface area contributed by atoms with Gasteiger partial charge in [-0.3, -0.25) is 9.52 Å². The van der Waals surface area contributed by atoms with E-state index in [1.165, 1.54) is 12.3 Å². The number of methoxy groups -OCH3 is 1. The molecular formula is C26H38N2O6S. The van der Waals surface area contributed by atoms with Crippen molar-refractivity contribution in [3.05, 3.63) is 45.7 Å². The second kappa shape index (κ2) is 10.6. The highest BCUT2D eigenvalue weighted by Crippen LogP contribution is 2.45. The number of nitrogens with one attached hydrogen (secondary N) is 1. The number of hydrogen-bond donors (Lipinski definition) is 3. The Morgan fingerprint density at radius 3 is 2.49 bits per heavy atom. The first-order chi connectivity index (χ1) is 16.3. The van der Waals surface area contributed by atoms with Crippen LogP contribution in [0.15, 0.2) is 29.2 Å². The Hall–Kier alpha value is -2.49. The van der Waals surface area contributed by atoms with Crippen LogP contribution in [0.25, 0.3) is 11.3 Å². The molecule has 8 nitrogen and oxygen atoms in total. The molecule has 0 aliphatic carbocycles. The maximum Gasteiger partial charge on any atom is 0.341 e. The molecule has 1 unspecified atom stereocenters. The van der Waals surface area contributed by atoms with Crippen LogP contribution in [0, 0.1) is 5.41 Å². The summed E-state index contributed by atoms with van der Waals surface area (Å²) in [6, 6.07) is 5.26. The van der Waals surface area contributed by atoms with Crippen LogP contribution in [-0.4, -0.2) is 53.0 Å². The monoisotopic (exact) mass is 506 g/mol. The van der Waals surface area contributed by atoms with E-state index in [2.05, 4.69) is 25.5 Å². The number of carbonyl (C=O) groups is 1. The van der Waals surface area contributed by atoms with Crippen molar-refractivity contribution < 1.29 is 23.9 Å². The van der Waals surface area contributed by atoms with Crippen molar-refractivity contribution in [3.8, 4) is 22.8 Å². The maximum absolute atomic E-state index is 12.6. The predicted molar refractivity (Wildman–Crippen MR) is 141 cm³/mol. The van der Waals surface area contributed by atoms with E-state index in [0.717, 1.165) is 36.9 Å². The minimum Gasteiger partial charge on any atom is -0.493 e. The van der Waals surface area contributed by atoms with E-state index in [9.17, 15) is 19.2 Å². The normalized spacial score (nSPS) is 15.8. The summed E-state index contributed by atoms with van der Waals surface area (Å²) in [6.07, 6.45) is 8.58. The average molecular weight is 507 g/mol. The lowest BCUT2D eigenvalue weighted by atomic mass is 9.78. The number of unbranched alkanes of at least 4 members (excludes halogenated alkanes) is 2. The molecule has 1 aromatic heterocycles. The van der Waals surface area contributed by atoms with Crippen LogP contribution in [0.2, 0.25) is 0 Å². The van der Waals surface area contributed by atoms with Crippen LogP contribution >= 0.6 is 10.5 Å². The number of rotatable bonds is 10. The van der Waals surface area contributed by atoms with Crippen molar-refractivity contribution in [1.82, 2.24) is 9.29 Å². The lowest BCUT2D eigenvalue weighted by molar-refractivity contribution is 0.0693. The van der Waals surface area contributed by atoms with Gasteiger partial charge >= 0.3 is 5.97 Å². The number of carboxylic acid groups (broad SMARTS) is 1. The summed E-state index contributed by atoms with van der Waals surface area (Å²) in [5.74, 6) is 0.0182. The van der Waals surface area contributed by atoms with Gasteiger partial charge in [-0.25, -0.2) is 4.79 Å². The number of fused-ring (bicyclic) bond motifs is 3. The smallest absolute Gasteiger partial charge is 0.341 e. The Balaban J connectivity index is 1.85. The topological polar surface area (TPSA) is 110 Å². The molecule has 0 spiro atoms. The fourth-order valence-electron chi connectivity index (χ4n) is 4.40. The summed E-state index contributed by atoms with van der Waals surface area (Å²) < 4.78 is 26.6. The molecule has 35 heavy (non-hydrogen) atoms. The van der Waals surface area contributed by atoms with Crippen molar-refractivity contribution in [1.29, 1.82) is 0 Å². The quantitative estimate of drug-likeness (QED) is 0.391. The Morgan fingerprint density at radius 1 is 1.17 bits per heavy atom. The van der Waals surface area contributed by atoms with Gasteiger partial charge in [-0.2, -0.15) is 0 Å². The maximum atomic E-state index is 12.6. The fourth-order valence-corrected chi connectivity index (χ4v) is 5.05. The van der Waals surface area contributed by atoms with Crippen LogP contribution in [0.5, 0.6) is 11.5 Å². The van der Waals surface area contributed by atoms with Gasteiger partial charge in [0.2, 0.25) is 0 Å². The molecular weight excluding hydrogens is 468 g/mol. The number of pyridine rings is 1. The number of aromatic carboxylic acids is 1. The van der Waals surface area contributed by atoms with Crippen LogP contribution in [0.4, 0.5) is 0 Å². The van der Waals surface area contributed by atoms with Gasteiger partial charge in [0.1, 0.15) is 5.56 Å². The molecule has 0 radical (unpaired) electrons. The van der Waals surface area contributed by atoms with Crippen molar-refractivity contribution in [2.75, 3.05) is 32.8 Å². The van der Waals surface area contributed by atoms with Gasteiger partial charge in [0.05, 0.1) is 19.4 Å². The summed E-state index contributed by atoms with van der Waals surface area (Å²) in [5, 5.41) is 9.49. The zero-order valence-electron chi connectivity index (χ0n) is 21.5. The molecule has 2 aromatic rings. The van der Waals surface area contributed by atoms with Gasteiger partial charge in [-0.05, 0) is 61.3 Å². The zero-order valence-corrected chi connectivity index (χ0v) is 22.3. The van der Waals surface area contributed by atoms with E-state index >= 15 is 0 Å². The predicted octanol–water partition coefficient (Wildman–Crippen LogP) is 4.96. The van der Waals surface area contributed by atoms with E-state index in [4.69, 9.17) is 9.47 Å². The summed E-state index contributed by atoms with van der Waals surface area (Å²) in [5.41, 5.74) is 1.68. The summed E-state index contributed by atoms with van der Waals surface area (Å²) in [4.78, 5) is 24.2. The Kier molecular flexibility index (Phi) is 8.24. The molecule has 0 amide bonds. The number of hydrogen-bond acceptors (Lipinski definition) is 6. The molecule has 0 bridgehead atoms. The minimum atomic E-state index is -1.67. The number of ether oxygens (including phenoxy) is 2. The van der Waals surface area contributed by atoms with Crippen LogP contribution in [0.1, 0.15) is 62.0 Å². The summed E-state index contributed by atoms with van der Waals surface area (Å²) in [6.45, 7) is 7.66. The Bertz CT molecular complexity index is 1130. The second-order valence-corrected chi connectivity index (χ2v) is 13.3. The summed E-state index contributed by atoms with van der Waals surface area (Å²) in [7, 11) is -0.0877. The molecule has 1 atom stereocenters. The molecule has 0 saturated heterocycles. The van der Waals surface area contributed by atoms with Crippen LogP contribution in [0.3, 0.4) is 0 Å². The third kappa shape index (κ3) is 6.59. The minimum absolute atomic E-state index is 0.0321. The van der Waals surface area contributed by atoms with Gasteiger partial charge in [0.15, 0.2) is 16.9 Å². The first kappa shape index (κ1) is 27.1. The van der Waals surface area contributed by atoms with Crippen molar-refractivity contribution in [2.24, 2.45) is 5.41 Å². The molecule has 1 aromatic carbocycles. The van der Waals surface area contributed by atoms with Crippen molar-refractivity contribution in [3.63, 3.8) is 0 Å². The number of carboxylic acids is 1. The van der Waals surface area contributed by atoms with Gasteiger partial charge in [-0.15, -0.1) is 0 Å². The molecule has 1 aliphatic rings. The van der Waals surface area contributed by atoms with E-state index < -0.39 is 21.9 Å². The molecule has 0 saturated carbocycles. The Morgan fingerprint density at radius 2 is 1.89 bits per heavy atom. The Labute approximate surface area is 208 Å². The highest BCUT2D eigenvalue weighted by Gasteiger charge is 2.34. The number of aromatic nitrogens is 1. The average Bonchev–Trinajstić information content (AvgIpc) is 2.75. The largest absolute Gasteiger partial charge is 0.493 e. The van der Waals surface area contributed by atoms with Gasteiger partial charge in [0.25, 0.3) is 0 Å². The third-order valence-corrected chi connectivity index (χ3v) is 7.17.